The van der Waals surface area contributed by atoms with Crippen molar-refractivity contribution in [2.24, 2.45) is 0 Å². The van der Waals surface area contributed by atoms with Crippen LogP contribution in [0.25, 0.3) is 21.2 Å². The zero-order valence-corrected chi connectivity index (χ0v) is 19.5. The van der Waals surface area contributed by atoms with Gasteiger partial charge in [-0.2, -0.15) is 0 Å². The summed E-state index contributed by atoms with van der Waals surface area (Å²) in [6, 6.07) is 24.3. The van der Waals surface area contributed by atoms with Crippen molar-refractivity contribution >= 4 is 49.3 Å². The lowest BCUT2D eigenvalue weighted by molar-refractivity contribution is 0.0731. The van der Waals surface area contributed by atoms with Crippen molar-refractivity contribution in [2.45, 2.75) is 0 Å². The van der Waals surface area contributed by atoms with Crippen molar-refractivity contribution in [1.29, 1.82) is 0 Å². The van der Waals surface area contributed by atoms with Gasteiger partial charge in [0.2, 0.25) is 0 Å². The first-order chi connectivity index (χ1) is 17.1. The van der Waals surface area contributed by atoms with Gasteiger partial charge in [-0.3, -0.25) is 0 Å². The average Bonchev–Trinajstić information content (AvgIpc) is 3.32. The van der Waals surface area contributed by atoms with E-state index in [4.69, 9.17) is 14.1 Å². The van der Waals surface area contributed by atoms with Gasteiger partial charge >= 0.3 is 11.6 Å². The second kappa shape index (κ2) is 8.88. The summed E-state index contributed by atoms with van der Waals surface area (Å²) in [7, 11) is 0. The standard InChI is InChI=1S/C27H21N3O4S/c31-25(21-16-18-6-4-5-9-23(18)34-26(21)32)33-20-10-11-22-24(17-20)35-27(28-22)30-14-12-29(13-15-30)19-7-2-1-3-8-19/h1-11,16-17H,12-15H2. The summed E-state index contributed by atoms with van der Waals surface area (Å²) in [6.07, 6.45) is 0. The second-order valence-electron chi connectivity index (χ2n) is 8.31. The Morgan fingerprint density at radius 2 is 1.63 bits per heavy atom. The minimum Gasteiger partial charge on any atom is -0.423 e. The summed E-state index contributed by atoms with van der Waals surface area (Å²) in [5.74, 6) is -0.384. The molecule has 2 aromatic heterocycles. The number of ether oxygens (including phenoxy) is 1. The van der Waals surface area contributed by atoms with Gasteiger partial charge in [-0.15, -0.1) is 0 Å². The molecule has 0 atom stereocenters. The van der Waals surface area contributed by atoms with Gasteiger partial charge in [0.15, 0.2) is 5.13 Å². The highest BCUT2D eigenvalue weighted by atomic mass is 32.1. The van der Waals surface area contributed by atoms with Crippen LogP contribution in [-0.4, -0.2) is 37.1 Å². The van der Waals surface area contributed by atoms with E-state index in [1.165, 1.54) is 11.8 Å². The van der Waals surface area contributed by atoms with Crippen LogP contribution >= 0.6 is 11.3 Å². The van der Waals surface area contributed by atoms with E-state index in [1.807, 2.05) is 18.2 Å². The van der Waals surface area contributed by atoms with Crippen LogP contribution < -0.4 is 20.2 Å². The van der Waals surface area contributed by atoms with Gasteiger partial charge in [-0.05, 0) is 36.4 Å². The number of fused-ring (bicyclic) bond motifs is 2. The number of hydrogen-bond donors (Lipinski definition) is 0. The number of piperazine rings is 1. The predicted molar refractivity (Wildman–Crippen MR) is 138 cm³/mol. The number of esters is 1. The van der Waals surface area contributed by atoms with Crippen LogP contribution in [0.5, 0.6) is 5.75 Å². The maximum absolute atomic E-state index is 12.7. The Bertz CT molecular complexity index is 1590. The van der Waals surface area contributed by atoms with Crippen molar-refractivity contribution in [3.05, 3.63) is 94.8 Å². The molecular formula is C27H21N3O4S. The number of carbonyl (C=O) groups excluding carboxylic acids is 1. The maximum atomic E-state index is 12.7. The molecule has 3 aromatic carbocycles. The lowest BCUT2D eigenvalue weighted by Gasteiger charge is -2.35. The van der Waals surface area contributed by atoms with Crippen LogP contribution in [0.3, 0.4) is 0 Å². The van der Waals surface area contributed by atoms with E-state index in [9.17, 15) is 9.59 Å². The Balaban J connectivity index is 1.18. The third-order valence-corrected chi connectivity index (χ3v) is 7.17. The molecule has 6 rings (SSSR count). The second-order valence-corrected chi connectivity index (χ2v) is 9.32. The number of anilines is 2. The van der Waals surface area contributed by atoms with E-state index >= 15 is 0 Å². The third-order valence-electron chi connectivity index (χ3n) is 6.09. The number of benzene rings is 3. The van der Waals surface area contributed by atoms with Gasteiger partial charge in [0.05, 0.1) is 10.2 Å². The molecule has 35 heavy (non-hydrogen) atoms. The van der Waals surface area contributed by atoms with Gasteiger partial charge in [0, 0.05) is 43.3 Å². The summed E-state index contributed by atoms with van der Waals surface area (Å²) in [6.45, 7) is 3.62. The third kappa shape index (κ3) is 4.24. The fraction of sp³-hybridized carbons (Fsp3) is 0.148. The Labute approximate surface area is 204 Å². The number of rotatable bonds is 4. The molecular weight excluding hydrogens is 462 g/mol. The normalized spacial score (nSPS) is 13.9. The number of thiazole rings is 1. The number of carbonyl (C=O) groups is 1. The fourth-order valence-corrected chi connectivity index (χ4v) is 5.30. The lowest BCUT2D eigenvalue weighted by atomic mass is 10.2. The fourth-order valence-electron chi connectivity index (χ4n) is 4.25. The van der Waals surface area contributed by atoms with Gasteiger partial charge in [0.25, 0.3) is 0 Å². The van der Waals surface area contributed by atoms with Crippen LogP contribution in [-0.2, 0) is 0 Å². The minimum absolute atomic E-state index is 0.134. The van der Waals surface area contributed by atoms with E-state index in [0.717, 1.165) is 41.5 Å². The molecule has 0 saturated carbocycles. The van der Waals surface area contributed by atoms with Crippen LogP contribution in [0.2, 0.25) is 0 Å². The van der Waals surface area contributed by atoms with Crippen LogP contribution in [0.4, 0.5) is 10.8 Å². The summed E-state index contributed by atoms with van der Waals surface area (Å²) >= 11 is 1.57. The van der Waals surface area contributed by atoms with Crippen molar-refractivity contribution in [1.82, 2.24) is 4.98 Å². The SMILES string of the molecule is O=C(Oc1ccc2nc(N3CCN(c4ccccc4)CC3)sc2c1)c1cc2ccccc2oc1=O. The van der Waals surface area contributed by atoms with Crippen molar-refractivity contribution in [3.8, 4) is 5.75 Å². The Hall–Kier alpha value is -4.17. The van der Waals surface area contributed by atoms with Crippen LogP contribution in [0.1, 0.15) is 10.4 Å². The van der Waals surface area contributed by atoms with Crippen LogP contribution in [0, 0.1) is 0 Å². The Morgan fingerprint density at radius 1 is 0.886 bits per heavy atom. The summed E-state index contributed by atoms with van der Waals surface area (Å²) in [5.41, 5.74) is 1.66. The largest absolute Gasteiger partial charge is 0.423 e. The maximum Gasteiger partial charge on any atom is 0.351 e. The van der Waals surface area contributed by atoms with Gasteiger partial charge in [-0.1, -0.05) is 47.7 Å². The molecule has 0 amide bonds. The molecule has 0 bridgehead atoms. The molecule has 0 radical (unpaired) electrons. The van der Waals surface area contributed by atoms with Gasteiger partial charge in [0.1, 0.15) is 16.9 Å². The number of nitrogens with zero attached hydrogens (tertiary/aromatic N) is 3. The zero-order chi connectivity index (χ0) is 23.8. The van der Waals surface area contributed by atoms with Crippen molar-refractivity contribution in [2.75, 3.05) is 36.0 Å². The molecule has 8 heteroatoms. The highest BCUT2D eigenvalue weighted by Gasteiger charge is 2.21. The molecule has 0 N–H and O–H groups in total. The summed E-state index contributed by atoms with van der Waals surface area (Å²) < 4.78 is 11.7. The van der Waals surface area contributed by atoms with E-state index < -0.39 is 11.6 Å². The first-order valence-electron chi connectivity index (χ1n) is 11.3. The quantitative estimate of drug-likeness (QED) is 0.203. The molecule has 0 aliphatic carbocycles. The molecule has 1 saturated heterocycles. The molecule has 7 nitrogen and oxygen atoms in total. The number of para-hydroxylation sites is 2. The Kier molecular flexibility index (Phi) is 5.42. The molecule has 0 spiro atoms. The average molecular weight is 484 g/mol. The summed E-state index contributed by atoms with van der Waals surface area (Å²) in [5, 5.41) is 1.61. The molecule has 1 aliphatic rings. The summed E-state index contributed by atoms with van der Waals surface area (Å²) in [4.78, 5) is 34.4. The molecule has 1 aliphatic heterocycles. The van der Waals surface area contributed by atoms with Crippen molar-refractivity contribution < 1.29 is 13.9 Å². The number of hydrogen-bond acceptors (Lipinski definition) is 8. The molecule has 3 heterocycles. The lowest BCUT2D eigenvalue weighted by Crippen LogP contribution is -2.46. The minimum atomic E-state index is -0.745. The Morgan fingerprint density at radius 3 is 2.46 bits per heavy atom. The molecule has 174 valence electrons. The smallest absolute Gasteiger partial charge is 0.351 e. The predicted octanol–water partition coefficient (Wildman–Crippen LogP) is 4.95. The highest BCUT2D eigenvalue weighted by molar-refractivity contribution is 7.22. The first-order valence-corrected chi connectivity index (χ1v) is 12.2. The van der Waals surface area contributed by atoms with E-state index in [1.54, 1.807) is 41.7 Å². The topological polar surface area (TPSA) is 75.9 Å². The first kappa shape index (κ1) is 21.4. The zero-order valence-electron chi connectivity index (χ0n) is 18.7. The van der Waals surface area contributed by atoms with Gasteiger partial charge in [-0.25, -0.2) is 14.6 Å². The van der Waals surface area contributed by atoms with Gasteiger partial charge < -0.3 is 19.0 Å². The molecule has 0 unspecified atom stereocenters. The van der Waals surface area contributed by atoms with E-state index in [-0.39, 0.29) is 5.56 Å². The number of aromatic nitrogens is 1. The van der Waals surface area contributed by atoms with E-state index in [2.05, 4.69) is 34.1 Å². The molecule has 5 aromatic rings. The van der Waals surface area contributed by atoms with Crippen molar-refractivity contribution in [3.63, 3.8) is 0 Å². The van der Waals surface area contributed by atoms with E-state index in [0.29, 0.717) is 16.7 Å². The molecule has 1 fully saturated rings. The van der Waals surface area contributed by atoms with Crippen LogP contribution in [0.15, 0.2) is 88.1 Å². The highest BCUT2D eigenvalue weighted by Crippen LogP contribution is 2.32. The monoisotopic (exact) mass is 483 g/mol.